The van der Waals surface area contributed by atoms with Gasteiger partial charge in [0.15, 0.2) is 6.61 Å². The van der Waals surface area contributed by atoms with Crippen LogP contribution in [0.1, 0.15) is 49.5 Å². The van der Waals surface area contributed by atoms with Crippen molar-refractivity contribution in [2.45, 2.75) is 43.9 Å². The number of hydrogen-bond donors (Lipinski definition) is 3. The Morgan fingerprint density at radius 3 is 2.56 bits per heavy atom. The van der Waals surface area contributed by atoms with E-state index in [1.165, 1.54) is 12.1 Å². The third-order valence-electron chi connectivity index (χ3n) is 5.31. The molecule has 0 unspecified atom stereocenters. The van der Waals surface area contributed by atoms with Gasteiger partial charge in [0.25, 0.3) is 0 Å². The van der Waals surface area contributed by atoms with E-state index in [-0.39, 0.29) is 24.8 Å². The summed E-state index contributed by atoms with van der Waals surface area (Å²) in [6.45, 7) is 1.11. The van der Waals surface area contributed by atoms with Crippen molar-refractivity contribution in [2.75, 3.05) is 13.2 Å². The number of carboxylic acid groups (broad SMARTS) is 1. The van der Waals surface area contributed by atoms with Crippen LogP contribution in [-0.2, 0) is 14.3 Å². The molecular formula is C23H25BrFNO6. The van der Waals surface area contributed by atoms with Crippen molar-refractivity contribution >= 4 is 27.8 Å². The summed E-state index contributed by atoms with van der Waals surface area (Å²) >= 11 is 3.41. The average Bonchev–Trinajstić information content (AvgIpc) is 2.72. The van der Waals surface area contributed by atoms with E-state index in [1.807, 2.05) is 6.92 Å². The van der Waals surface area contributed by atoms with E-state index in [2.05, 4.69) is 21.2 Å². The number of aliphatic hydroxyl groups excluding tert-OH is 1. The number of carbonyl (C=O) groups excluding carboxylic acids is 1. The minimum atomic E-state index is -1.11. The van der Waals surface area contributed by atoms with Gasteiger partial charge >= 0.3 is 5.97 Å². The van der Waals surface area contributed by atoms with Crippen molar-refractivity contribution < 1.29 is 33.7 Å². The molecule has 1 amide bonds. The van der Waals surface area contributed by atoms with Crippen LogP contribution in [0.4, 0.5) is 4.39 Å². The Labute approximate surface area is 193 Å². The highest BCUT2D eigenvalue weighted by Gasteiger charge is 2.41. The number of carbonyl (C=O) groups is 2. The number of halogens is 2. The molecular weight excluding hydrogens is 485 g/mol. The van der Waals surface area contributed by atoms with Gasteiger partial charge in [0, 0.05) is 30.4 Å². The molecule has 0 bridgehead atoms. The number of nitrogens with one attached hydrogen (secondary N) is 1. The number of para-hydroxylation sites is 1. The van der Waals surface area contributed by atoms with Crippen LogP contribution in [0.5, 0.6) is 5.75 Å². The van der Waals surface area contributed by atoms with Gasteiger partial charge in [-0.1, -0.05) is 24.3 Å². The van der Waals surface area contributed by atoms with E-state index in [0.717, 1.165) is 5.56 Å². The van der Waals surface area contributed by atoms with E-state index in [1.54, 1.807) is 30.3 Å². The minimum absolute atomic E-state index is 0.0216. The summed E-state index contributed by atoms with van der Waals surface area (Å²) in [7, 11) is 0. The molecule has 9 heteroatoms. The summed E-state index contributed by atoms with van der Waals surface area (Å²) in [4.78, 5) is 23.3. The molecule has 1 aliphatic rings. The molecule has 0 spiro atoms. The Kier molecular flexibility index (Phi) is 7.86. The molecule has 3 N–H and O–H groups in total. The summed E-state index contributed by atoms with van der Waals surface area (Å²) in [5.41, 5.74) is 0.692. The van der Waals surface area contributed by atoms with Crippen molar-refractivity contribution in [3.05, 3.63) is 63.9 Å². The van der Waals surface area contributed by atoms with Crippen LogP contribution in [0, 0.1) is 5.82 Å². The largest absolute Gasteiger partial charge is 0.480 e. The molecule has 0 aromatic heterocycles. The van der Waals surface area contributed by atoms with Gasteiger partial charge in [-0.3, -0.25) is 4.79 Å². The molecule has 2 aromatic rings. The summed E-state index contributed by atoms with van der Waals surface area (Å²) in [5, 5.41) is 21.2. The van der Waals surface area contributed by atoms with Gasteiger partial charge in [-0.25, -0.2) is 9.18 Å². The Morgan fingerprint density at radius 1 is 1.22 bits per heavy atom. The molecule has 2 aromatic carbocycles. The van der Waals surface area contributed by atoms with Gasteiger partial charge < -0.3 is 25.0 Å². The van der Waals surface area contributed by atoms with Crippen LogP contribution in [0.25, 0.3) is 0 Å². The summed E-state index contributed by atoms with van der Waals surface area (Å²) in [6, 6.07) is 11.3. The zero-order chi connectivity index (χ0) is 23.3. The molecule has 32 heavy (non-hydrogen) atoms. The summed E-state index contributed by atoms with van der Waals surface area (Å²) < 4.78 is 25.9. The fourth-order valence-electron chi connectivity index (χ4n) is 3.92. The number of rotatable bonds is 8. The van der Waals surface area contributed by atoms with Gasteiger partial charge in [-0.15, -0.1) is 0 Å². The quantitative estimate of drug-likeness (QED) is 0.498. The maximum Gasteiger partial charge on any atom is 0.341 e. The predicted molar refractivity (Wildman–Crippen MR) is 118 cm³/mol. The summed E-state index contributed by atoms with van der Waals surface area (Å²) in [5.74, 6) is -1.41. The van der Waals surface area contributed by atoms with Crippen LogP contribution >= 0.6 is 15.9 Å². The molecule has 1 fully saturated rings. The molecule has 3 atom stereocenters. The van der Waals surface area contributed by atoms with Crippen molar-refractivity contribution in [3.63, 3.8) is 0 Å². The smallest absolute Gasteiger partial charge is 0.341 e. The second kappa shape index (κ2) is 10.4. The lowest BCUT2D eigenvalue weighted by atomic mass is 9.81. The molecule has 172 valence electrons. The van der Waals surface area contributed by atoms with Crippen molar-refractivity contribution in [1.29, 1.82) is 0 Å². The molecule has 1 saturated heterocycles. The Bertz CT molecular complexity index is 969. The zero-order valence-electron chi connectivity index (χ0n) is 17.5. The van der Waals surface area contributed by atoms with Crippen LogP contribution < -0.4 is 10.1 Å². The molecule has 1 aliphatic heterocycles. The number of amides is 1. The van der Waals surface area contributed by atoms with Crippen LogP contribution in [0.15, 0.2) is 46.9 Å². The molecule has 3 rings (SSSR count). The van der Waals surface area contributed by atoms with Crippen LogP contribution in [0.2, 0.25) is 0 Å². The van der Waals surface area contributed by atoms with E-state index in [0.29, 0.717) is 28.6 Å². The predicted octanol–water partition coefficient (Wildman–Crippen LogP) is 3.90. The molecule has 0 saturated carbocycles. The van der Waals surface area contributed by atoms with Crippen LogP contribution in [-0.4, -0.2) is 40.8 Å². The number of carboxylic acids is 1. The lowest BCUT2D eigenvalue weighted by molar-refractivity contribution is -0.139. The number of ether oxygens (including phenoxy) is 2. The van der Waals surface area contributed by atoms with Gasteiger partial charge in [0.1, 0.15) is 11.6 Å². The maximum absolute atomic E-state index is 13.5. The van der Waals surface area contributed by atoms with E-state index < -0.39 is 30.3 Å². The first-order valence-corrected chi connectivity index (χ1v) is 11.0. The topological polar surface area (TPSA) is 105 Å². The second-order valence-corrected chi connectivity index (χ2v) is 8.85. The summed E-state index contributed by atoms with van der Waals surface area (Å²) in [6.07, 6.45) is -0.195. The monoisotopic (exact) mass is 509 g/mol. The normalized spacial score (nSPS) is 22.9. The van der Waals surface area contributed by atoms with E-state index >= 15 is 0 Å². The highest BCUT2D eigenvalue weighted by molar-refractivity contribution is 9.10. The molecule has 0 aliphatic carbocycles. The van der Waals surface area contributed by atoms with Crippen molar-refractivity contribution in [1.82, 2.24) is 5.32 Å². The minimum Gasteiger partial charge on any atom is -0.480 e. The fourth-order valence-corrected chi connectivity index (χ4v) is 4.42. The van der Waals surface area contributed by atoms with Crippen molar-refractivity contribution in [2.24, 2.45) is 0 Å². The first-order chi connectivity index (χ1) is 15.2. The van der Waals surface area contributed by atoms with E-state index in [9.17, 15) is 14.0 Å². The van der Waals surface area contributed by atoms with Gasteiger partial charge in [-0.2, -0.15) is 0 Å². The third-order valence-corrected chi connectivity index (χ3v) is 5.93. The standard InChI is InChI=1S/C23H25BrFNO6/c1-23(26-20(28)9-10-27)11-18(14-5-7-15(25)8-6-14)32-19(12-23)16-3-2-4-17(24)22(16)31-13-21(29)30/h2-8,18-19,27H,9-13H2,1H3,(H,26,28)(H,29,30)/t18-,19+,23+/m0/s1. The lowest BCUT2D eigenvalue weighted by Crippen LogP contribution is -2.51. The first kappa shape index (κ1) is 24.2. The number of aliphatic carboxylic acids is 1. The van der Waals surface area contributed by atoms with Crippen LogP contribution in [0.3, 0.4) is 0 Å². The molecule has 1 heterocycles. The number of aliphatic hydroxyl groups is 1. The van der Waals surface area contributed by atoms with Gasteiger partial charge in [0.2, 0.25) is 5.91 Å². The van der Waals surface area contributed by atoms with Crippen molar-refractivity contribution in [3.8, 4) is 5.75 Å². The molecule has 0 radical (unpaired) electrons. The lowest BCUT2D eigenvalue weighted by Gasteiger charge is -2.43. The maximum atomic E-state index is 13.5. The first-order valence-electron chi connectivity index (χ1n) is 10.2. The highest BCUT2D eigenvalue weighted by atomic mass is 79.9. The van der Waals surface area contributed by atoms with Gasteiger partial charge in [0.05, 0.1) is 23.3 Å². The Morgan fingerprint density at radius 2 is 1.91 bits per heavy atom. The van der Waals surface area contributed by atoms with Gasteiger partial charge in [-0.05, 0) is 46.6 Å². The second-order valence-electron chi connectivity index (χ2n) is 8.00. The average molecular weight is 510 g/mol. The number of benzene rings is 2. The molecule has 7 nitrogen and oxygen atoms in total. The Balaban J connectivity index is 1.97. The number of hydrogen-bond acceptors (Lipinski definition) is 5. The highest BCUT2D eigenvalue weighted by Crippen LogP contribution is 2.47. The SMILES string of the molecule is C[C@@]1(NC(=O)CCO)C[C@@H](c2ccc(F)cc2)O[C@@H](c2cccc(Br)c2OCC(=O)O)C1. The van der Waals surface area contributed by atoms with E-state index in [4.69, 9.17) is 19.7 Å². The Hall–Kier alpha value is -2.49. The fraction of sp³-hybridized carbons (Fsp3) is 0.391. The zero-order valence-corrected chi connectivity index (χ0v) is 19.1. The third kappa shape index (κ3) is 6.05.